The topological polar surface area (TPSA) is 67.9 Å². The van der Waals surface area contributed by atoms with Gasteiger partial charge >= 0.3 is 6.03 Å². The summed E-state index contributed by atoms with van der Waals surface area (Å²) in [5, 5.41) is 0. The molecule has 0 fully saturated rings. The Morgan fingerprint density at radius 1 is 1.72 bits per heavy atom. The number of nitrogens with two attached hydrogens (primary N) is 1. The summed E-state index contributed by atoms with van der Waals surface area (Å²) < 4.78 is 6.41. The van der Waals surface area contributed by atoms with Crippen LogP contribution in [0.1, 0.15) is 10.9 Å². The number of rotatable bonds is 4. The molecule has 0 radical (unpaired) electrons. The van der Waals surface area contributed by atoms with Crippen LogP contribution in [-0.2, 0) is 4.74 Å². The molecule has 8 heteroatoms. The Bertz CT molecular complexity index is 486. The Kier molecular flexibility index (Phi) is 4.26. The van der Waals surface area contributed by atoms with Crippen molar-refractivity contribution in [2.24, 2.45) is 10.7 Å². The monoisotopic (exact) mass is 351 g/mol. The second-order valence-electron chi connectivity index (χ2n) is 3.68. The first kappa shape index (κ1) is 13.8. The van der Waals surface area contributed by atoms with Gasteiger partial charge in [0.2, 0.25) is 0 Å². The molecule has 2 rings (SSSR count). The van der Waals surface area contributed by atoms with Crippen molar-refractivity contribution in [3.8, 4) is 0 Å². The van der Waals surface area contributed by atoms with Crippen LogP contribution in [0.5, 0.6) is 0 Å². The van der Waals surface area contributed by atoms with E-state index in [9.17, 15) is 4.79 Å². The minimum atomic E-state index is -0.346. The molecule has 2 amide bonds. The van der Waals surface area contributed by atoms with Gasteiger partial charge in [0.15, 0.2) is 0 Å². The summed E-state index contributed by atoms with van der Waals surface area (Å²) in [5.74, 6) is 0.293. The number of carbonyl (C=O) groups is 1. The van der Waals surface area contributed by atoms with Crippen LogP contribution in [0.15, 0.2) is 15.5 Å². The highest BCUT2D eigenvalue weighted by atomic mass is 79.9. The number of urea groups is 1. The Morgan fingerprint density at radius 2 is 2.44 bits per heavy atom. The summed E-state index contributed by atoms with van der Waals surface area (Å²) in [5.41, 5.74) is 5.82. The lowest BCUT2D eigenvalue weighted by molar-refractivity contribution is 0.151. The number of hydrogen-bond donors (Lipinski definition) is 1. The molecule has 1 aliphatic heterocycles. The van der Waals surface area contributed by atoms with E-state index in [0.29, 0.717) is 23.3 Å². The second-order valence-corrected chi connectivity index (χ2v) is 6.22. The Labute approximate surface area is 122 Å². The van der Waals surface area contributed by atoms with Crippen molar-refractivity contribution in [2.75, 3.05) is 20.3 Å². The van der Waals surface area contributed by atoms with Crippen LogP contribution in [0.3, 0.4) is 0 Å². The van der Waals surface area contributed by atoms with Crippen LogP contribution in [0.25, 0.3) is 0 Å². The molecule has 5 nitrogen and oxygen atoms in total. The van der Waals surface area contributed by atoms with Crippen molar-refractivity contribution in [3.05, 3.63) is 19.8 Å². The Morgan fingerprint density at radius 3 is 3.00 bits per heavy atom. The summed E-state index contributed by atoms with van der Waals surface area (Å²) in [4.78, 5) is 18.0. The maximum Gasteiger partial charge on any atom is 0.346 e. The van der Waals surface area contributed by atoms with Crippen molar-refractivity contribution >= 4 is 50.7 Å². The lowest BCUT2D eigenvalue weighted by atomic mass is 10.2. The number of nitrogens with zero attached hydrogens (tertiary/aromatic N) is 2. The maximum atomic E-state index is 11.7. The predicted molar refractivity (Wildman–Crippen MR) is 75.4 cm³/mol. The Hall–Kier alpha value is -0.630. The predicted octanol–water partition coefficient (Wildman–Crippen LogP) is 2.64. The van der Waals surface area contributed by atoms with Crippen molar-refractivity contribution in [1.29, 1.82) is 0 Å². The van der Waals surface area contributed by atoms with Gasteiger partial charge in [0.25, 0.3) is 0 Å². The number of amidine groups is 1. The van der Waals surface area contributed by atoms with Crippen molar-refractivity contribution < 1.29 is 9.53 Å². The average Bonchev–Trinajstić information content (AvgIpc) is 2.77. The third-order valence-corrected chi connectivity index (χ3v) is 5.06. The highest BCUT2D eigenvalue weighted by Gasteiger charge is 2.35. The van der Waals surface area contributed by atoms with Crippen LogP contribution < -0.4 is 5.73 Å². The fourth-order valence-corrected chi connectivity index (χ4v) is 3.58. The van der Waals surface area contributed by atoms with Gasteiger partial charge in [-0.15, -0.1) is 11.3 Å². The summed E-state index contributed by atoms with van der Waals surface area (Å²) >= 11 is 10.7. The van der Waals surface area contributed by atoms with Crippen molar-refractivity contribution in [1.82, 2.24) is 4.90 Å². The molecule has 0 saturated heterocycles. The van der Waals surface area contributed by atoms with Crippen LogP contribution in [0.2, 0.25) is 4.34 Å². The summed E-state index contributed by atoms with van der Waals surface area (Å²) in [6, 6.07) is 1.18. The third kappa shape index (κ3) is 2.54. The van der Waals surface area contributed by atoms with Crippen LogP contribution >= 0.6 is 38.9 Å². The third-order valence-electron chi connectivity index (χ3n) is 2.53. The molecular formula is C10H11BrClN3O2S. The number of aliphatic imine (C=N–C) groups is 1. The molecule has 1 aromatic heterocycles. The molecule has 0 bridgehead atoms. The fourth-order valence-electron chi connectivity index (χ4n) is 1.72. The van der Waals surface area contributed by atoms with Gasteiger partial charge in [0.1, 0.15) is 16.2 Å². The molecule has 0 aliphatic carbocycles. The first-order valence-corrected chi connectivity index (χ1v) is 7.11. The molecule has 2 N–H and O–H groups in total. The number of hydrogen-bond acceptors (Lipinski definition) is 4. The van der Waals surface area contributed by atoms with Gasteiger partial charge in [-0.1, -0.05) is 11.6 Å². The van der Waals surface area contributed by atoms with E-state index >= 15 is 0 Å². The van der Waals surface area contributed by atoms with E-state index in [1.54, 1.807) is 12.0 Å². The average molecular weight is 353 g/mol. The molecule has 0 spiro atoms. The van der Waals surface area contributed by atoms with Crippen molar-refractivity contribution in [2.45, 2.75) is 6.04 Å². The van der Waals surface area contributed by atoms with E-state index in [1.165, 1.54) is 11.3 Å². The van der Waals surface area contributed by atoms with E-state index in [-0.39, 0.29) is 12.1 Å². The van der Waals surface area contributed by atoms with Gasteiger partial charge in [0.05, 0.1) is 6.61 Å². The van der Waals surface area contributed by atoms with Crippen LogP contribution in [-0.4, -0.2) is 37.0 Å². The lowest BCUT2D eigenvalue weighted by Gasteiger charge is -2.22. The summed E-state index contributed by atoms with van der Waals surface area (Å²) in [6.07, 6.45) is 0. The first-order valence-electron chi connectivity index (χ1n) is 5.13. The normalized spacial score (nSPS) is 19.5. The molecule has 18 heavy (non-hydrogen) atoms. The van der Waals surface area contributed by atoms with Gasteiger partial charge in [-0.2, -0.15) is 4.99 Å². The highest BCUT2D eigenvalue weighted by molar-refractivity contribution is 9.10. The minimum Gasteiger partial charge on any atom is -0.385 e. The molecule has 2 heterocycles. The SMILES string of the molecule is COCCN1C(=O)N=C(N)C1c1cc(Br)c(Cl)s1. The van der Waals surface area contributed by atoms with E-state index in [1.807, 2.05) is 6.07 Å². The van der Waals surface area contributed by atoms with Gasteiger partial charge in [-0.3, -0.25) is 0 Å². The van der Waals surface area contributed by atoms with Gasteiger partial charge in [-0.25, -0.2) is 4.79 Å². The number of carbonyl (C=O) groups excluding carboxylic acids is 1. The molecule has 98 valence electrons. The maximum absolute atomic E-state index is 11.7. The summed E-state index contributed by atoms with van der Waals surface area (Å²) in [7, 11) is 1.58. The first-order chi connectivity index (χ1) is 8.54. The molecule has 0 aromatic carbocycles. The van der Waals surface area contributed by atoms with Crippen molar-refractivity contribution in [3.63, 3.8) is 0 Å². The molecule has 1 aliphatic rings. The number of thiophene rings is 1. The number of ether oxygens (including phenoxy) is 1. The molecule has 1 atom stereocenters. The minimum absolute atomic E-state index is 0.293. The standard InChI is InChI=1S/C10H11BrClN3O2S/c1-17-3-2-15-7(9(13)14-10(15)16)6-4-5(11)8(12)18-6/h4,7H,2-3H2,1H3,(H2,13,14,16). The molecule has 0 saturated carbocycles. The smallest absolute Gasteiger partial charge is 0.346 e. The van der Waals surface area contributed by atoms with E-state index in [2.05, 4.69) is 20.9 Å². The zero-order valence-electron chi connectivity index (χ0n) is 9.52. The number of halogens is 2. The largest absolute Gasteiger partial charge is 0.385 e. The Balaban J connectivity index is 2.28. The molecular weight excluding hydrogens is 342 g/mol. The zero-order chi connectivity index (χ0) is 13.3. The molecule has 1 aromatic rings. The second kappa shape index (κ2) is 5.56. The van der Waals surface area contributed by atoms with Crippen LogP contribution in [0.4, 0.5) is 4.79 Å². The van der Waals surface area contributed by atoms with E-state index < -0.39 is 0 Å². The quantitative estimate of drug-likeness (QED) is 0.906. The lowest BCUT2D eigenvalue weighted by Crippen LogP contribution is -2.35. The van der Waals surface area contributed by atoms with Crippen LogP contribution in [0, 0.1) is 0 Å². The fraction of sp³-hybridized carbons (Fsp3) is 0.400. The number of methoxy groups -OCH3 is 1. The van der Waals surface area contributed by atoms with Gasteiger partial charge < -0.3 is 15.4 Å². The number of amides is 2. The van der Waals surface area contributed by atoms with Gasteiger partial charge in [-0.05, 0) is 22.0 Å². The van der Waals surface area contributed by atoms with E-state index in [0.717, 1.165) is 9.35 Å². The highest BCUT2D eigenvalue weighted by Crippen LogP contribution is 2.38. The van der Waals surface area contributed by atoms with E-state index in [4.69, 9.17) is 22.1 Å². The van der Waals surface area contributed by atoms with Gasteiger partial charge in [0, 0.05) is 23.0 Å². The zero-order valence-corrected chi connectivity index (χ0v) is 12.7. The molecule has 1 unspecified atom stereocenters. The summed E-state index contributed by atoms with van der Waals surface area (Å²) in [6.45, 7) is 0.878.